The van der Waals surface area contributed by atoms with Crippen LogP contribution in [0.2, 0.25) is 0 Å². The molecule has 5 aromatic rings. The Balaban J connectivity index is 0.000000985. The van der Waals surface area contributed by atoms with Crippen molar-refractivity contribution in [2.75, 3.05) is 69.4 Å². The van der Waals surface area contributed by atoms with Crippen LogP contribution in [-0.2, 0) is 35.9 Å². The smallest absolute Gasteiger partial charge is 0.475 e. The van der Waals surface area contributed by atoms with Crippen LogP contribution in [-0.4, -0.2) is 144 Å². The van der Waals surface area contributed by atoms with Crippen molar-refractivity contribution in [1.29, 1.82) is 0 Å². The molecular weight excluding hydrogens is 958 g/mol. The van der Waals surface area contributed by atoms with Gasteiger partial charge in [-0.1, -0.05) is 43.3 Å². The molecule has 71 heavy (non-hydrogen) atoms. The number of alkyl halides is 3. The highest BCUT2D eigenvalue weighted by Crippen LogP contribution is 2.33. The van der Waals surface area contributed by atoms with E-state index >= 15 is 8.78 Å². The van der Waals surface area contributed by atoms with Gasteiger partial charge < -0.3 is 20.3 Å². The summed E-state index contributed by atoms with van der Waals surface area (Å²) in [6.45, 7) is 7.06. The largest absolute Gasteiger partial charge is 0.490 e. The van der Waals surface area contributed by atoms with Crippen LogP contribution >= 0.6 is 0 Å². The van der Waals surface area contributed by atoms with E-state index in [1.807, 2.05) is 41.3 Å². The lowest BCUT2D eigenvalue weighted by Crippen LogP contribution is -2.50. The van der Waals surface area contributed by atoms with E-state index in [0.717, 1.165) is 72.3 Å². The maximum atomic E-state index is 15.7. The number of amides is 3. The number of H-pyrrole nitrogens is 1. The fourth-order valence-corrected chi connectivity index (χ4v) is 9.55. The number of aromatic nitrogens is 2. The zero-order valence-corrected chi connectivity index (χ0v) is 39.5. The molecule has 0 bridgehead atoms. The SMILES string of the molecule is CCN(C)S(=O)(=O)Nc1ccc(F)c(C(=O)c2c[nH]c3ncc(-c4ccccc4CN4CCN(CC(=O)N5CCC(c6ccc(NC7CCC(=O)NC7=O)cc6)CC5)CC4)cc23)c1F.O=C(O)C(F)(F)F. The Morgan fingerprint density at radius 1 is 0.915 bits per heavy atom. The molecule has 8 rings (SSSR count). The van der Waals surface area contributed by atoms with Gasteiger partial charge in [0.2, 0.25) is 23.5 Å². The molecule has 1 unspecified atom stereocenters. The van der Waals surface area contributed by atoms with E-state index in [1.165, 1.54) is 18.8 Å². The van der Waals surface area contributed by atoms with Gasteiger partial charge in [-0.25, -0.2) is 18.6 Å². The number of fused-ring (bicyclic) bond motifs is 1. The number of carboxylic acid groups (broad SMARTS) is 1. The molecule has 3 aliphatic heterocycles. The van der Waals surface area contributed by atoms with Crippen LogP contribution in [0.3, 0.4) is 0 Å². The van der Waals surface area contributed by atoms with Gasteiger partial charge in [-0.05, 0) is 72.2 Å². The van der Waals surface area contributed by atoms with Gasteiger partial charge in [-0.2, -0.15) is 25.9 Å². The highest BCUT2D eigenvalue weighted by Gasteiger charge is 2.38. The number of carbonyl (C=O) groups is 5. The van der Waals surface area contributed by atoms with Crippen molar-refractivity contribution in [3.63, 3.8) is 0 Å². The predicted molar refractivity (Wildman–Crippen MR) is 252 cm³/mol. The van der Waals surface area contributed by atoms with Crippen LogP contribution in [0.5, 0.6) is 0 Å². The summed E-state index contributed by atoms with van der Waals surface area (Å²) in [5.41, 5.74) is 3.52. The van der Waals surface area contributed by atoms with Crippen molar-refractivity contribution >= 4 is 62.1 Å². The van der Waals surface area contributed by atoms with Crippen LogP contribution in [0.25, 0.3) is 22.2 Å². The van der Waals surface area contributed by atoms with Crippen molar-refractivity contribution in [1.82, 2.24) is 34.3 Å². The first-order valence-electron chi connectivity index (χ1n) is 22.8. The first kappa shape index (κ1) is 52.0. The number of pyridine rings is 1. The summed E-state index contributed by atoms with van der Waals surface area (Å²) in [6.07, 6.45) is 0.471. The van der Waals surface area contributed by atoms with Crippen LogP contribution in [0.1, 0.15) is 65.6 Å². The minimum atomic E-state index is -5.08. The highest BCUT2D eigenvalue weighted by molar-refractivity contribution is 7.90. The second-order valence-corrected chi connectivity index (χ2v) is 19.2. The zero-order chi connectivity index (χ0) is 51.2. The maximum Gasteiger partial charge on any atom is 0.490 e. The second kappa shape index (κ2) is 22.1. The van der Waals surface area contributed by atoms with Gasteiger partial charge in [0.1, 0.15) is 17.5 Å². The summed E-state index contributed by atoms with van der Waals surface area (Å²) in [4.78, 5) is 73.7. The number of carboxylic acids is 1. The molecule has 378 valence electrons. The number of aliphatic carboxylic acids is 1. The standard InChI is InChI=1S/C46H51F2N9O6S.C2HF3O2/c1-3-54(2)64(62,63)53-38-13-12-37(47)42(43(38)48)44(60)36-26-50-45-35(36)24-32(25-49-45)34-7-5-4-6-31(34)27-55-20-22-56(23-21-55)28-41(59)57-18-16-30(17-19-57)29-8-10-33(11-9-29)51-39-14-15-40(58)52-46(39)61;3-2(4,5)1(6)7/h4-13,24-26,30,39,51,53H,3,14-23,27-28H2,1-2H3,(H,49,50)(H,52,58,61);(H,6,7). The summed E-state index contributed by atoms with van der Waals surface area (Å²) >= 11 is 0. The van der Waals surface area contributed by atoms with E-state index < -0.39 is 57.1 Å². The summed E-state index contributed by atoms with van der Waals surface area (Å²) < 4.78 is 90.9. The minimum absolute atomic E-state index is 0.0202. The van der Waals surface area contributed by atoms with E-state index in [4.69, 9.17) is 9.90 Å². The predicted octanol–water partition coefficient (Wildman–Crippen LogP) is 5.72. The summed E-state index contributed by atoms with van der Waals surface area (Å²) in [5.74, 6) is -6.25. The zero-order valence-electron chi connectivity index (χ0n) is 38.7. The Labute approximate surface area is 405 Å². The van der Waals surface area contributed by atoms with Gasteiger partial charge in [-0.15, -0.1) is 0 Å². The number of rotatable bonds is 14. The number of imide groups is 1. The number of piperidine rings is 2. The van der Waals surface area contributed by atoms with E-state index in [0.29, 0.717) is 61.5 Å². The maximum absolute atomic E-state index is 15.7. The van der Waals surface area contributed by atoms with Gasteiger partial charge in [0, 0.05) is 100 Å². The van der Waals surface area contributed by atoms with E-state index in [1.54, 1.807) is 19.2 Å². The van der Waals surface area contributed by atoms with Gasteiger partial charge in [0.05, 0.1) is 17.8 Å². The number of nitrogens with zero attached hydrogens (tertiary/aromatic N) is 5. The number of hydrogen-bond acceptors (Lipinski definition) is 11. The number of aromatic amines is 1. The number of benzene rings is 3. The highest BCUT2D eigenvalue weighted by atomic mass is 32.2. The van der Waals surface area contributed by atoms with E-state index in [9.17, 15) is 40.8 Å². The van der Waals surface area contributed by atoms with Crippen molar-refractivity contribution < 1.29 is 59.4 Å². The third kappa shape index (κ3) is 12.6. The molecule has 5 heterocycles. The first-order valence-corrected chi connectivity index (χ1v) is 24.2. The molecule has 23 heteroatoms. The molecule has 5 N–H and O–H groups in total. The van der Waals surface area contributed by atoms with E-state index in [-0.39, 0.29) is 29.8 Å². The lowest BCUT2D eigenvalue weighted by Gasteiger charge is -2.37. The molecule has 0 spiro atoms. The molecule has 0 aliphatic carbocycles. The van der Waals surface area contributed by atoms with Crippen LogP contribution < -0.4 is 15.4 Å². The fourth-order valence-electron chi connectivity index (χ4n) is 8.62. The third-order valence-electron chi connectivity index (χ3n) is 12.8. The molecule has 0 radical (unpaired) electrons. The Morgan fingerprint density at radius 2 is 1.58 bits per heavy atom. The van der Waals surface area contributed by atoms with Gasteiger partial charge in [-0.3, -0.25) is 39.0 Å². The molecule has 3 fully saturated rings. The number of likely N-dealkylation sites (tertiary alicyclic amines) is 1. The lowest BCUT2D eigenvalue weighted by atomic mass is 9.89. The number of halogens is 5. The molecule has 3 saturated heterocycles. The van der Waals surface area contributed by atoms with Crippen molar-refractivity contribution in [3.8, 4) is 11.1 Å². The summed E-state index contributed by atoms with van der Waals surface area (Å²) in [7, 11) is -2.84. The number of carbonyl (C=O) groups excluding carboxylic acids is 4. The number of anilines is 2. The normalized spacial score (nSPS) is 17.4. The van der Waals surface area contributed by atoms with Crippen molar-refractivity contribution in [3.05, 3.63) is 113 Å². The van der Waals surface area contributed by atoms with Gasteiger partial charge in [0.15, 0.2) is 5.82 Å². The van der Waals surface area contributed by atoms with Crippen LogP contribution in [0, 0.1) is 11.6 Å². The molecule has 0 saturated carbocycles. The van der Waals surface area contributed by atoms with Gasteiger partial charge >= 0.3 is 22.4 Å². The Hall–Kier alpha value is -6.82. The topological polar surface area (TPSA) is 217 Å². The Bertz CT molecular complexity index is 2900. The molecule has 3 aromatic carbocycles. The molecular formula is C48H52F5N9O8S. The van der Waals surface area contributed by atoms with Crippen LogP contribution in [0.15, 0.2) is 79.1 Å². The minimum Gasteiger partial charge on any atom is -0.475 e. The van der Waals surface area contributed by atoms with Crippen molar-refractivity contribution in [2.45, 2.75) is 57.3 Å². The number of hydrogen-bond donors (Lipinski definition) is 5. The third-order valence-corrected chi connectivity index (χ3v) is 14.3. The number of nitrogens with one attached hydrogen (secondary N) is 4. The lowest BCUT2D eigenvalue weighted by molar-refractivity contribution is -0.192. The van der Waals surface area contributed by atoms with Gasteiger partial charge in [0.25, 0.3) is 0 Å². The molecule has 3 amide bonds. The molecule has 3 aliphatic rings. The average Bonchev–Trinajstić information content (AvgIpc) is 3.77. The average molecular weight is 1010 g/mol. The molecule has 2 aromatic heterocycles. The summed E-state index contributed by atoms with van der Waals surface area (Å²) in [5, 5.41) is 13.1. The van der Waals surface area contributed by atoms with Crippen molar-refractivity contribution in [2.24, 2.45) is 0 Å². The Kier molecular flexibility index (Phi) is 16.2. The molecule has 17 nitrogen and oxygen atoms in total. The van der Waals surface area contributed by atoms with E-state index in [2.05, 4.69) is 47.3 Å². The quantitative estimate of drug-likeness (QED) is 0.0513. The van der Waals surface area contributed by atoms with Crippen LogP contribution in [0.4, 0.5) is 33.3 Å². The monoisotopic (exact) mass is 1010 g/mol. The first-order chi connectivity index (χ1) is 33.7. The fraction of sp³-hybridized carbons (Fsp3) is 0.375. The number of piperazine rings is 1. The summed E-state index contributed by atoms with van der Waals surface area (Å²) in [6, 6.07) is 19.1. The number of ketones is 1. The second-order valence-electron chi connectivity index (χ2n) is 17.4. The molecule has 1 atom stereocenters. The Morgan fingerprint density at radius 3 is 2.23 bits per heavy atom.